The fourth-order valence-corrected chi connectivity index (χ4v) is 4.17. The van der Waals surface area contributed by atoms with Crippen LogP contribution in [0, 0.1) is 0 Å². The molecule has 3 heterocycles. The summed E-state index contributed by atoms with van der Waals surface area (Å²) in [5.74, 6) is -0.0177. The van der Waals surface area contributed by atoms with Crippen molar-refractivity contribution in [3.8, 4) is 0 Å². The molecule has 6 heteroatoms. The van der Waals surface area contributed by atoms with Crippen LogP contribution in [0.25, 0.3) is 11.1 Å². The van der Waals surface area contributed by atoms with Crippen LogP contribution < -0.4 is 5.76 Å². The Morgan fingerprint density at radius 3 is 2.59 bits per heavy atom. The first kappa shape index (κ1) is 13.4. The Kier molecular flexibility index (Phi) is 2.82. The van der Waals surface area contributed by atoms with Crippen LogP contribution in [0.2, 0.25) is 0 Å². The van der Waals surface area contributed by atoms with Gasteiger partial charge >= 0.3 is 11.8 Å². The summed E-state index contributed by atoms with van der Waals surface area (Å²) in [5.41, 5.74) is 2.54. The maximum absolute atomic E-state index is 11.6. The lowest BCUT2D eigenvalue weighted by Crippen LogP contribution is -2.45. The number of benzene rings is 1. The molecule has 2 saturated heterocycles. The Labute approximate surface area is 126 Å². The van der Waals surface area contributed by atoms with Gasteiger partial charge in [-0.2, -0.15) is 0 Å². The maximum atomic E-state index is 11.6. The highest BCUT2D eigenvalue weighted by molar-refractivity contribution is 5.74. The maximum Gasteiger partial charge on any atom is 0.419 e. The minimum absolute atomic E-state index is 0.125. The second-order valence-corrected chi connectivity index (χ2v) is 6.40. The Hall–Kier alpha value is -2.24. The summed E-state index contributed by atoms with van der Waals surface area (Å²) in [5, 5.41) is 9.32. The molecule has 2 bridgehead atoms. The molecule has 22 heavy (non-hydrogen) atoms. The van der Waals surface area contributed by atoms with Crippen molar-refractivity contribution in [3.05, 3.63) is 34.3 Å². The molecule has 2 aromatic rings. The van der Waals surface area contributed by atoms with E-state index in [1.54, 1.807) is 11.9 Å². The first-order chi connectivity index (χ1) is 10.5. The van der Waals surface area contributed by atoms with Crippen molar-refractivity contribution in [2.45, 2.75) is 43.7 Å². The van der Waals surface area contributed by atoms with Crippen LogP contribution in [0.15, 0.2) is 27.4 Å². The predicted molar refractivity (Wildman–Crippen MR) is 80.1 cm³/mol. The summed E-state index contributed by atoms with van der Waals surface area (Å²) in [7, 11) is 1.69. The van der Waals surface area contributed by atoms with Gasteiger partial charge in [-0.25, -0.2) is 9.59 Å². The summed E-state index contributed by atoms with van der Waals surface area (Å²) in [6.07, 6.45) is 2.82. The average molecular weight is 302 g/mol. The van der Waals surface area contributed by atoms with Crippen LogP contribution in [-0.4, -0.2) is 32.8 Å². The van der Waals surface area contributed by atoms with Gasteiger partial charge in [0.25, 0.3) is 0 Å². The molecule has 2 unspecified atom stereocenters. The van der Waals surface area contributed by atoms with Crippen LogP contribution in [0.4, 0.5) is 4.79 Å². The fraction of sp³-hybridized carbons (Fsp3) is 0.500. The molecule has 2 atom stereocenters. The fourth-order valence-electron chi connectivity index (χ4n) is 4.17. The van der Waals surface area contributed by atoms with E-state index in [0.29, 0.717) is 11.5 Å². The van der Waals surface area contributed by atoms with Crippen molar-refractivity contribution < 1.29 is 14.3 Å². The van der Waals surface area contributed by atoms with Gasteiger partial charge in [0.2, 0.25) is 0 Å². The number of piperidine rings is 1. The van der Waals surface area contributed by atoms with Crippen molar-refractivity contribution in [2.75, 3.05) is 0 Å². The quantitative estimate of drug-likeness (QED) is 0.878. The highest BCUT2D eigenvalue weighted by atomic mass is 16.4. The molecule has 1 amide bonds. The summed E-state index contributed by atoms with van der Waals surface area (Å²) in [6.45, 7) is 0. The Morgan fingerprint density at radius 2 is 1.95 bits per heavy atom. The predicted octanol–water partition coefficient (Wildman–Crippen LogP) is 2.52. The number of nitrogens with zero attached hydrogens (tertiary/aromatic N) is 2. The van der Waals surface area contributed by atoms with E-state index in [1.807, 2.05) is 18.2 Å². The number of carbonyl (C=O) groups is 1. The van der Waals surface area contributed by atoms with E-state index in [4.69, 9.17) is 4.42 Å². The lowest BCUT2D eigenvalue weighted by atomic mass is 9.85. The van der Waals surface area contributed by atoms with Gasteiger partial charge in [0.15, 0.2) is 5.58 Å². The molecule has 116 valence electrons. The minimum Gasteiger partial charge on any atom is -0.465 e. The molecule has 1 aromatic heterocycles. The van der Waals surface area contributed by atoms with Crippen molar-refractivity contribution in [1.82, 2.24) is 9.47 Å². The normalized spacial score (nSPS) is 27.5. The zero-order chi connectivity index (χ0) is 15.4. The van der Waals surface area contributed by atoms with Gasteiger partial charge in [0, 0.05) is 19.1 Å². The van der Waals surface area contributed by atoms with E-state index in [-0.39, 0.29) is 17.8 Å². The lowest BCUT2D eigenvalue weighted by molar-refractivity contribution is 0.0965. The van der Waals surface area contributed by atoms with Gasteiger partial charge in [-0.3, -0.25) is 4.57 Å². The molecule has 2 fully saturated rings. The van der Waals surface area contributed by atoms with Gasteiger partial charge in [0.1, 0.15) is 0 Å². The molecule has 0 saturated carbocycles. The van der Waals surface area contributed by atoms with E-state index in [0.717, 1.165) is 36.8 Å². The van der Waals surface area contributed by atoms with E-state index in [2.05, 4.69) is 0 Å². The number of aromatic nitrogens is 1. The highest BCUT2D eigenvalue weighted by Gasteiger charge is 2.43. The Balaban J connectivity index is 1.66. The number of amides is 1. The van der Waals surface area contributed by atoms with Crippen molar-refractivity contribution >= 4 is 17.2 Å². The summed E-state index contributed by atoms with van der Waals surface area (Å²) < 4.78 is 6.76. The third kappa shape index (κ3) is 1.86. The van der Waals surface area contributed by atoms with Gasteiger partial charge in [-0.15, -0.1) is 0 Å². The zero-order valence-electron chi connectivity index (χ0n) is 12.4. The van der Waals surface area contributed by atoms with Gasteiger partial charge in [0.05, 0.1) is 5.52 Å². The molecule has 1 N–H and O–H groups in total. The molecule has 1 aromatic carbocycles. The van der Waals surface area contributed by atoms with Crippen molar-refractivity contribution in [2.24, 2.45) is 7.05 Å². The lowest BCUT2D eigenvalue weighted by Gasteiger charge is -2.37. The highest BCUT2D eigenvalue weighted by Crippen LogP contribution is 2.43. The van der Waals surface area contributed by atoms with Crippen LogP contribution in [-0.2, 0) is 7.05 Å². The van der Waals surface area contributed by atoms with Crippen LogP contribution in [0.3, 0.4) is 0 Å². The number of rotatable bonds is 1. The number of carboxylic acid groups (broad SMARTS) is 1. The molecule has 0 radical (unpaired) electrons. The monoisotopic (exact) mass is 302 g/mol. The van der Waals surface area contributed by atoms with Crippen molar-refractivity contribution in [3.63, 3.8) is 0 Å². The molecule has 4 rings (SSSR count). The second-order valence-electron chi connectivity index (χ2n) is 6.40. The molecule has 0 spiro atoms. The molecule has 2 aliphatic rings. The van der Waals surface area contributed by atoms with E-state index in [1.165, 1.54) is 4.57 Å². The number of hydrogen-bond acceptors (Lipinski definition) is 3. The first-order valence-corrected chi connectivity index (χ1v) is 7.65. The first-order valence-electron chi connectivity index (χ1n) is 7.65. The zero-order valence-corrected chi connectivity index (χ0v) is 12.4. The number of hydrogen-bond donors (Lipinski definition) is 1. The molecule has 6 nitrogen and oxygen atoms in total. The van der Waals surface area contributed by atoms with E-state index >= 15 is 0 Å². The standard InChI is InChI=1S/C16H18N2O4/c1-17-13-5-2-9(8-14(13)22-16(17)21)10-6-11-3-4-12(7-10)18(11)15(19)20/h2,5,8,10-12H,3-4,6-7H2,1H3,(H,19,20). The largest absolute Gasteiger partial charge is 0.465 e. The number of fused-ring (bicyclic) bond motifs is 3. The summed E-state index contributed by atoms with van der Waals surface area (Å²) >= 11 is 0. The van der Waals surface area contributed by atoms with Crippen LogP contribution in [0.5, 0.6) is 0 Å². The minimum atomic E-state index is -0.796. The van der Waals surface area contributed by atoms with Gasteiger partial charge in [-0.05, 0) is 49.3 Å². The van der Waals surface area contributed by atoms with Crippen molar-refractivity contribution in [1.29, 1.82) is 0 Å². The number of aryl methyl sites for hydroxylation is 1. The average Bonchev–Trinajstić information content (AvgIpc) is 2.93. The summed E-state index contributed by atoms with van der Waals surface area (Å²) in [6, 6.07) is 6.15. The third-order valence-electron chi connectivity index (χ3n) is 5.24. The third-order valence-corrected chi connectivity index (χ3v) is 5.24. The molecular formula is C16H18N2O4. The molecule has 0 aliphatic carbocycles. The van der Waals surface area contributed by atoms with Crippen LogP contribution in [0.1, 0.15) is 37.2 Å². The molecular weight excluding hydrogens is 284 g/mol. The topological polar surface area (TPSA) is 75.7 Å². The van der Waals surface area contributed by atoms with E-state index < -0.39 is 6.09 Å². The van der Waals surface area contributed by atoms with Gasteiger partial charge < -0.3 is 14.4 Å². The van der Waals surface area contributed by atoms with Gasteiger partial charge in [-0.1, -0.05) is 6.07 Å². The SMILES string of the molecule is Cn1c(=O)oc2cc(C3CC4CCC(C3)N4C(=O)O)ccc21. The second kappa shape index (κ2) is 4.63. The number of oxazole rings is 1. The van der Waals surface area contributed by atoms with E-state index in [9.17, 15) is 14.7 Å². The smallest absolute Gasteiger partial charge is 0.419 e. The molecule has 2 aliphatic heterocycles. The van der Waals surface area contributed by atoms with Crippen LogP contribution >= 0.6 is 0 Å². The Morgan fingerprint density at radius 1 is 1.27 bits per heavy atom. The Bertz CT molecular complexity index is 792. The summed E-state index contributed by atoms with van der Waals surface area (Å²) in [4.78, 5) is 24.6.